The van der Waals surface area contributed by atoms with Crippen molar-refractivity contribution in [1.29, 1.82) is 0 Å². The monoisotopic (exact) mass is 400 g/mol. The van der Waals surface area contributed by atoms with E-state index in [2.05, 4.69) is 10.2 Å². The van der Waals surface area contributed by atoms with Gasteiger partial charge in [-0.2, -0.15) is 0 Å². The third-order valence-corrected chi connectivity index (χ3v) is 5.30. The molecular weight excluding hydrogens is 383 g/mol. The summed E-state index contributed by atoms with van der Waals surface area (Å²) in [4.78, 5) is 19.3. The van der Waals surface area contributed by atoms with Crippen LogP contribution in [0.3, 0.4) is 0 Å². The van der Waals surface area contributed by atoms with E-state index in [4.69, 9.17) is 33.9 Å². The quantitative estimate of drug-likeness (QED) is 0.693. The maximum absolute atomic E-state index is 12.5. The number of benzene rings is 2. The summed E-state index contributed by atoms with van der Waals surface area (Å²) in [7, 11) is 0. The molecule has 1 aromatic heterocycles. The van der Waals surface area contributed by atoms with Crippen molar-refractivity contribution in [2.75, 3.05) is 24.1 Å². The number of carbonyl (C=O) groups excluding carboxylic acids is 1. The van der Waals surface area contributed by atoms with Crippen molar-refractivity contribution in [1.82, 2.24) is 9.88 Å². The van der Waals surface area contributed by atoms with Gasteiger partial charge in [-0.1, -0.05) is 41.4 Å². The number of fused-ring (bicyclic) bond motifs is 2. The van der Waals surface area contributed by atoms with Crippen LogP contribution in [0.2, 0.25) is 10.0 Å². The largest absolute Gasteiger partial charge is 0.398 e. The van der Waals surface area contributed by atoms with E-state index in [-0.39, 0.29) is 12.5 Å². The number of nitrogens with one attached hydrogen (secondary N) is 1. The molecule has 2 heterocycles. The number of amides is 1. The van der Waals surface area contributed by atoms with Gasteiger partial charge in [0, 0.05) is 46.9 Å². The number of nitrogen functional groups attached to an aromatic ring is 1. The van der Waals surface area contributed by atoms with Gasteiger partial charge in [-0.3, -0.25) is 14.7 Å². The molecule has 0 saturated carbocycles. The zero-order valence-corrected chi connectivity index (χ0v) is 16.0. The van der Waals surface area contributed by atoms with Gasteiger partial charge in [-0.25, -0.2) is 0 Å². The Labute approximate surface area is 167 Å². The lowest BCUT2D eigenvalue weighted by Gasteiger charge is -2.29. The van der Waals surface area contributed by atoms with E-state index >= 15 is 0 Å². The van der Waals surface area contributed by atoms with E-state index in [1.165, 1.54) is 0 Å². The second-order valence-electron chi connectivity index (χ2n) is 6.60. The van der Waals surface area contributed by atoms with E-state index in [0.717, 1.165) is 40.8 Å². The van der Waals surface area contributed by atoms with Gasteiger partial charge in [0.25, 0.3) is 0 Å². The van der Waals surface area contributed by atoms with Crippen molar-refractivity contribution in [2.24, 2.45) is 0 Å². The number of para-hydroxylation sites is 1. The first-order valence-electron chi connectivity index (χ1n) is 8.64. The first-order valence-corrected chi connectivity index (χ1v) is 9.40. The zero-order valence-electron chi connectivity index (χ0n) is 14.5. The average molecular weight is 401 g/mol. The van der Waals surface area contributed by atoms with E-state index in [9.17, 15) is 4.79 Å². The molecule has 3 N–H and O–H groups in total. The van der Waals surface area contributed by atoms with Crippen molar-refractivity contribution >= 4 is 51.4 Å². The topological polar surface area (TPSA) is 71.2 Å². The van der Waals surface area contributed by atoms with Gasteiger partial charge in [0.1, 0.15) is 0 Å². The Balaban J connectivity index is 1.50. The Morgan fingerprint density at radius 1 is 1.22 bits per heavy atom. The first-order chi connectivity index (χ1) is 13.0. The van der Waals surface area contributed by atoms with Gasteiger partial charge in [0.05, 0.1) is 22.8 Å². The molecule has 1 amide bonds. The van der Waals surface area contributed by atoms with Gasteiger partial charge < -0.3 is 11.1 Å². The lowest BCUT2D eigenvalue weighted by molar-refractivity contribution is -0.117. The molecule has 0 spiro atoms. The van der Waals surface area contributed by atoms with Crippen molar-refractivity contribution < 1.29 is 4.79 Å². The maximum Gasteiger partial charge on any atom is 0.238 e. The molecule has 2 aromatic carbocycles. The molecule has 0 atom stereocenters. The fourth-order valence-electron chi connectivity index (χ4n) is 3.40. The molecule has 0 fully saturated rings. The van der Waals surface area contributed by atoms with Crippen LogP contribution in [-0.2, 0) is 17.8 Å². The molecule has 1 aliphatic heterocycles. The van der Waals surface area contributed by atoms with Crippen LogP contribution in [0, 0.1) is 0 Å². The number of aromatic nitrogens is 1. The number of nitrogens with two attached hydrogens (primary N) is 1. The second kappa shape index (κ2) is 7.35. The highest BCUT2D eigenvalue weighted by molar-refractivity contribution is 6.35. The van der Waals surface area contributed by atoms with Crippen molar-refractivity contribution in [3.63, 3.8) is 0 Å². The van der Waals surface area contributed by atoms with Crippen LogP contribution in [0.25, 0.3) is 10.9 Å². The lowest BCUT2D eigenvalue weighted by Crippen LogP contribution is -2.37. The second-order valence-corrected chi connectivity index (χ2v) is 7.44. The average Bonchev–Trinajstić information content (AvgIpc) is 2.65. The van der Waals surface area contributed by atoms with E-state index in [1.54, 1.807) is 18.2 Å². The zero-order chi connectivity index (χ0) is 19.0. The molecule has 4 rings (SSSR count). The van der Waals surface area contributed by atoms with Crippen LogP contribution in [0.15, 0.2) is 42.5 Å². The third kappa shape index (κ3) is 3.72. The van der Waals surface area contributed by atoms with Gasteiger partial charge in [-0.15, -0.1) is 0 Å². The Hall–Kier alpha value is -2.34. The molecule has 7 heteroatoms. The predicted octanol–water partition coefficient (Wildman–Crippen LogP) is 4.12. The Morgan fingerprint density at radius 3 is 2.89 bits per heavy atom. The van der Waals surface area contributed by atoms with Gasteiger partial charge in [0.2, 0.25) is 5.91 Å². The summed E-state index contributed by atoms with van der Waals surface area (Å²) in [5, 5.41) is 4.75. The van der Waals surface area contributed by atoms with Crippen LogP contribution < -0.4 is 11.1 Å². The van der Waals surface area contributed by atoms with Crippen molar-refractivity contribution in [3.8, 4) is 0 Å². The van der Waals surface area contributed by atoms with Gasteiger partial charge in [0.15, 0.2) is 0 Å². The number of nitrogens with zero attached hydrogens (tertiary/aromatic N) is 2. The van der Waals surface area contributed by atoms with Crippen LogP contribution in [0.5, 0.6) is 0 Å². The molecule has 1 aliphatic rings. The number of carbonyl (C=O) groups is 1. The lowest BCUT2D eigenvalue weighted by atomic mass is 10.0. The molecular formula is C20H18Cl2N4O. The van der Waals surface area contributed by atoms with E-state index < -0.39 is 0 Å². The first kappa shape index (κ1) is 18.0. The van der Waals surface area contributed by atoms with E-state index in [0.29, 0.717) is 22.3 Å². The third-order valence-electron chi connectivity index (χ3n) is 4.74. The molecule has 0 aliphatic carbocycles. The number of rotatable bonds is 3. The highest BCUT2D eigenvalue weighted by Crippen LogP contribution is 2.30. The number of halogens is 2. The summed E-state index contributed by atoms with van der Waals surface area (Å²) in [6, 6.07) is 12.8. The molecule has 0 bridgehead atoms. The smallest absolute Gasteiger partial charge is 0.238 e. The number of anilines is 2. The SMILES string of the molecule is Nc1c2c(nc3ccccc13)CCN(CC(=O)Nc1cc(Cl)ccc1Cl)C2. The minimum atomic E-state index is -0.144. The minimum absolute atomic E-state index is 0.144. The van der Waals surface area contributed by atoms with E-state index in [1.807, 2.05) is 24.3 Å². The molecule has 27 heavy (non-hydrogen) atoms. The van der Waals surface area contributed by atoms with Crippen molar-refractivity contribution in [3.05, 3.63) is 63.8 Å². The summed E-state index contributed by atoms with van der Waals surface area (Å²) >= 11 is 12.1. The predicted molar refractivity (Wildman–Crippen MR) is 110 cm³/mol. The van der Waals surface area contributed by atoms with Crippen molar-refractivity contribution in [2.45, 2.75) is 13.0 Å². The van der Waals surface area contributed by atoms with Crippen LogP contribution >= 0.6 is 23.2 Å². The molecule has 0 radical (unpaired) electrons. The molecule has 0 unspecified atom stereocenters. The Morgan fingerprint density at radius 2 is 2.04 bits per heavy atom. The molecule has 5 nitrogen and oxygen atoms in total. The van der Waals surface area contributed by atoms with Crippen LogP contribution in [-0.4, -0.2) is 28.9 Å². The Bertz CT molecular complexity index is 1040. The summed E-state index contributed by atoms with van der Waals surface area (Å²) < 4.78 is 0. The normalized spacial score (nSPS) is 14.1. The number of pyridine rings is 1. The number of hydrogen-bond acceptors (Lipinski definition) is 4. The molecule has 0 saturated heterocycles. The summed E-state index contributed by atoms with van der Waals surface area (Å²) in [6.45, 7) is 1.58. The fraction of sp³-hybridized carbons (Fsp3) is 0.200. The van der Waals surface area contributed by atoms with Crippen LogP contribution in [0.4, 0.5) is 11.4 Å². The minimum Gasteiger partial charge on any atom is -0.398 e. The summed E-state index contributed by atoms with van der Waals surface area (Å²) in [6.07, 6.45) is 0.759. The van der Waals surface area contributed by atoms with Crippen LogP contribution in [0.1, 0.15) is 11.3 Å². The highest BCUT2D eigenvalue weighted by Gasteiger charge is 2.23. The highest BCUT2D eigenvalue weighted by atomic mass is 35.5. The number of hydrogen-bond donors (Lipinski definition) is 2. The maximum atomic E-state index is 12.5. The summed E-state index contributed by atoms with van der Waals surface area (Å²) in [5.41, 5.74) is 10.6. The fourth-order valence-corrected chi connectivity index (χ4v) is 3.74. The molecule has 3 aromatic rings. The standard InChI is InChI=1S/C20H18Cl2N4O/c21-12-5-6-15(22)18(9-12)25-19(27)11-26-8-7-17-14(10-26)20(23)13-3-1-2-4-16(13)24-17/h1-6,9H,7-8,10-11H2,(H2,23,24)(H,25,27). The summed E-state index contributed by atoms with van der Waals surface area (Å²) in [5.74, 6) is -0.144. The Kier molecular flexibility index (Phi) is 4.91. The van der Waals surface area contributed by atoms with Gasteiger partial charge in [-0.05, 0) is 24.3 Å². The van der Waals surface area contributed by atoms with Gasteiger partial charge >= 0.3 is 0 Å². The molecule has 138 valence electrons.